The van der Waals surface area contributed by atoms with Gasteiger partial charge in [0.1, 0.15) is 33.7 Å². The zero-order chi connectivity index (χ0) is 26.6. The van der Waals surface area contributed by atoms with Crippen molar-refractivity contribution in [3.63, 3.8) is 0 Å². The third-order valence-corrected chi connectivity index (χ3v) is 8.44. The summed E-state index contributed by atoms with van der Waals surface area (Å²) in [5.74, 6) is 0. The Morgan fingerprint density at radius 2 is 1.68 bits per heavy atom. The van der Waals surface area contributed by atoms with E-state index in [0.29, 0.717) is 34.2 Å². The molecule has 12 heteroatoms. The molecule has 2 fully saturated rings. The molecule has 5 atom stereocenters. The molecular formula is C26H26ClN5O5S. The van der Waals surface area contributed by atoms with E-state index in [1.165, 1.54) is 10.6 Å². The molecule has 4 heterocycles. The van der Waals surface area contributed by atoms with E-state index in [0.717, 1.165) is 16.7 Å². The van der Waals surface area contributed by atoms with Gasteiger partial charge in [-0.15, -0.1) is 0 Å². The van der Waals surface area contributed by atoms with Gasteiger partial charge in [-0.05, 0) is 29.3 Å². The molecule has 198 valence electrons. The highest BCUT2D eigenvalue weighted by Gasteiger charge is 2.48. The Balaban J connectivity index is 1.21. The zero-order valence-corrected chi connectivity index (χ0v) is 22.2. The van der Waals surface area contributed by atoms with Crippen molar-refractivity contribution in [3.8, 4) is 28.4 Å². The first-order chi connectivity index (χ1) is 18.2. The van der Waals surface area contributed by atoms with Gasteiger partial charge in [0, 0.05) is 24.6 Å². The first-order valence-electron chi connectivity index (χ1n) is 12.0. The summed E-state index contributed by atoms with van der Waals surface area (Å²) >= 11 is 6.58. The van der Waals surface area contributed by atoms with E-state index in [-0.39, 0.29) is 30.9 Å². The van der Waals surface area contributed by atoms with E-state index >= 15 is 0 Å². The summed E-state index contributed by atoms with van der Waals surface area (Å²) < 4.78 is 38.4. The van der Waals surface area contributed by atoms with Crippen LogP contribution in [0.4, 0.5) is 5.69 Å². The summed E-state index contributed by atoms with van der Waals surface area (Å²) in [4.78, 5) is 12.3. The molecule has 2 aliphatic rings. The molecule has 0 amide bonds. The molecule has 2 saturated heterocycles. The zero-order valence-electron chi connectivity index (χ0n) is 20.6. The lowest BCUT2D eigenvalue weighted by atomic mass is 10.0. The van der Waals surface area contributed by atoms with Crippen LogP contribution >= 0.6 is 11.6 Å². The molecule has 0 unspecified atom stereocenters. The number of hydrogen-bond acceptors (Lipinski definition) is 8. The fourth-order valence-corrected chi connectivity index (χ4v) is 5.51. The first kappa shape index (κ1) is 25.1. The lowest BCUT2D eigenvalue weighted by Gasteiger charge is -2.19. The number of aromatic amines is 1. The van der Waals surface area contributed by atoms with Gasteiger partial charge in [0.2, 0.25) is 0 Å². The topological polar surface area (TPSA) is 134 Å². The van der Waals surface area contributed by atoms with Crippen molar-refractivity contribution in [1.82, 2.24) is 15.0 Å². The minimum absolute atomic E-state index is 0.227. The van der Waals surface area contributed by atoms with E-state index in [4.69, 9.17) is 35.6 Å². The van der Waals surface area contributed by atoms with Crippen molar-refractivity contribution in [2.75, 3.05) is 30.8 Å². The summed E-state index contributed by atoms with van der Waals surface area (Å²) in [7, 11) is -1.17. The monoisotopic (exact) mass is 555 g/mol. The van der Waals surface area contributed by atoms with Crippen LogP contribution in [0.5, 0.6) is 6.01 Å². The maximum Gasteiger partial charge on any atom is 0.296 e. The molecule has 2 aromatic carbocycles. The summed E-state index contributed by atoms with van der Waals surface area (Å²) in [6.45, 7) is 0.531. The molecule has 0 bridgehead atoms. The minimum atomic E-state index is -2.82. The molecule has 10 nitrogen and oxygen atoms in total. The number of H-pyrrole nitrogens is 1. The standard InChI is InChI=1S/C26H26ClN5O5S/c1-32(38(2,28)34)17-9-7-15(8-10-17)14-3-5-16(6-4-14)22-18(27)11-19-25(30-22)31-26(29-19)37-21-13-36-23-20(33)12-35-24(21)23/h3-11,20-21,23-24,28,33H,12-13H2,1-2H3,(H,29,30,31)/t20-,21-,23-,24-,38-/m1/s1. The van der Waals surface area contributed by atoms with Gasteiger partial charge in [-0.1, -0.05) is 48.0 Å². The van der Waals surface area contributed by atoms with Gasteiger partial charge in [0.05, 0.1) is 23.9 Å². The number of aromatic nitrogens is 3. The second-order valence-corrected chi connectivity index (χ2v) is 12.0. The Bertz CT molecular complexity index is 1590. The van der Waals surface area contributed by atoms with Gasteiger partial charge >= 0.3 is 0 Å². The number of anilines is 1. The van der Waals surface area contributed by atoms with Crippen LogP contribution in [0.1, 0.15) is 0 Å². The number of imidazole rings is 1. The van der Waals surface area contributed by atoms with E-state index in [9.17, 15) is 9.32 Å². The SMILES string of the molecule is CN(c1ccc(-c2ccc(-c3nc4[nH]c(O[C@@H]5CO[C@H]6[C@@H]5OC[C@H]6O)nc4cc3Cl)cc2)cc1)[S@@](C)(=N)=O. The molecule has 3 N–H and O–H groups in total. The quantitative estimate of drug-likeness (QED) is 0.329. The molecule has 6 rings (SSSR count). The largest absolute Gasteiger partial charge is 0.456 e. The fraction of sp³-hybridized carbons (Fsp3) is 0.308. The highest BCUT2D eigenvalue weighted by molar-refractivity contribution is 7.93. The summed E-state index contributed by atoms with van der Waals surface area (Å²) in [6, 6.07) is 17.5. The van der Waals surface area contributed by atoms with E-state index < -0.39 is 16.0 Å². The second kappa shape index (κ2) is 9.51. The number of halogens is 1. The number of hydrogen-bond donors (Lipinski definition) is 3. The predicted molar refractivity (Wildman–Crippen MR) is 145 cm³/mol. The van der Waals surface area contributed by atoms with Crippen molar-refractivity contribution < 1.29 is 23.5 Å². The Morgan fingerprint density at radius 1 is 1.05 bits per heavy atom. The number of ether oxygens (including phenoxy) is 3. The third-order valence-electron chi connectivity index (χ3n) is 6.89. The normalized spacial score (nSPS) is 24.3. The molecule has 0 spiro atoms. The first-order valence-corrected chi connectivity index (χ1v) is 14.3. The van der Waals surface area contributed by atoms with Crippen LogP contribution in [-0.2, 0) is 19.4 Å². The smallest absolute Gasteiger partial charge is 0.296 e. The Kier molecular flexibility index (Phi) is 6.28. The maximum atomic E-state index is 12.0. The second-order valence-electron chi connectivity index (χ2n) is 9.47. The molecule has 0 radical (unpaired) electrons. The Hall–Kier alpha value is -3.22. The average Bonchev–Trinajstić information content (AvgIpc) is 3.59. The third kappa shape index (κ3) is 4.61. The highest BCUT2D eigenvalue weighted by atomic mass is 35.5. The maximum absolute atomic E-state index is 12.0. The Morgan fingerprint density at radius 3 is 2.37 bits per heavy atom. The van der Waals surface area contributed by atoms with Crippen LogP contribution in [0.3, 0.4) is 0 Å². The van der Waals surface area contributed by atoms with Crippen molar-refractivity contribution in [2.24, 2.45) is 0 Å². The van der Waals surface area contributed by atoms with Crippen LogP contribution in [0.15, 0.2) is 54.6 Å². The van der Waals surface area contributed by atoms with Crippen LogP contribution in [0.25, 0.3) is 33.5 Å². The number of pyridine rings is 1. The lowest BCUT2D eigenvalue weighted by molar-refractivity contribution is 0.00706. The fourth-order valence-electron chi connectivity index (χ4n) is 4.73. The van der Waals surface area contributed by atoms with Gasteiger partial charge in [-0.3, -0.25) is 9.29 Å². The van der Waals surface area contributed by atoms with Gasteiger partial charge < -0.3 is 19.3 Å². The molecule has 0 saturated carbocycles. The number of nitrogens with zero attached hydrogens (tertiary/aromatic N) is 3. The molecule has 2 aromatic heterocycles. The van der Waals surface area contributed by atoms with Gasteiger partial charge in [-0.25, -0.2) is 14.0 Å². The molecular weight excluding hydrogens is 530 g/mol. The van der Waals surface area contributed by atoms with Crippen LogP contribution in [0.2, 0.25) is 5.02 Å². The molecule has 0 aliphatic carbocycles. The predicted octanol–water partition coefficient (Wildman–Crippen LogP) is 3.88. The number of aliphatic hydroxyl groups excluding tert-OH is 1. The number of benzene rings is 2. The summed E-state index contributed by atoms with van der Waals surface area (Å²) in [6.07, 6.45) is -0.365. The van der Waals surface area contributed by atoms with Crippen molar-refractivity contribution in [1.29, 1.82) is 4.78 Å². The van der Waals surface area contributed by atoms with Crippen LogP contribution < -0.4 is 9.04 Å². The lowest BCUT2D eigenvalue weighted by Crippen LogP contribution is -2.34. The number of aliphatic hydroxyl groups is 1. The summed E-state index contributed by atoms with van der Waals surface area (Å²) in [5.41, 5.74) is 5.26. The van der Waals surface area contributed by atoms with Crippen molar-refractivity contribution >= 4 is 38.4 Å². The van der Waals surface area contributed by atoms with Gasteiger partial charge in [0.15, 0.2) is 11.8 Å². The Labute approximate surface area is 224 Å². The van der Waals surface area contributed by atoms with Crippen LogP contribution in [0, 0.1) is 4.78 Å². The highest BCUT2D eigenvalue weighted by Crippen LogP contribution is 2.33. The summed E-state index contributed by atoms with van der Waals surface area (Å²) in [5, 5.41) is 10.4. The van der Waals surface area contributed by atoms with E-state index in [1.807, 2.05) is 48.5 Å². The van der Waals surface area contributed by atoms with Crippen molar-refractivity contribution in [2.45, 2.75) is 24.4 Å². The number of nitrogens with one attached hydrogen (secondary N) is 2. The molecule has 2 aliphatic heterocycles. The van der Waals surface area contributed by atoms with Gasteiger partial charge in [0.25, 0.3) is 6.01 Å². The van der Waals surface area contributed by atoms with Gasteiger partial charge in [-0.2, -0.15) is 4.98 Å². The minimum Gasteiger partial charge on any atom is -0.456 e. The molecule has 4 aromatic rings. The molecule has 38 heavy (non-hydrogen) atoms. The number of rotatable bonds is 6. The van der Waals surface area contributed by atoms with E-state index in [2.05, 4.69) is 9.97 Å². The van der Waals surface area contributed by atoms with Crippen molar-refractivity contribution in [3.05, 3.63) is 59.6 Å². The van der Waals surface area contributed by atoms with Crippen LogP contribution in [-0.4, -0.2) is 75.2 Å². The average molecular weight is 556 g/mol. The number of fused-ring (bicyclic) bond motifs is 2. The van der Waals surface area contributed by atoms with E-state index in [1.54, 1.807) is 13.1 Å².